The zero-order chi connectivity index (χ0) is 25.8. The number of carbonyl (C=O) groups is 1. The van der Waals surface area contributed by atoms with Crippen LogP contribution in [-0.2, 0) is 16.6 Å². The van der Waals surface area contributed by atoms with Crippen molar-refractivity contribution >= 4 is 33.0 Å². The van der Waals surface area contributed by atoms with Gasteiger partial charge in [-0.1, -0.05) is 5.21 Å². The van der Waals surface area contributed by atoms with Gasteiger partial charge >= 0.3 is 0 Å². The van der Waals surface area contributed by atoms with E-state index in [9.17, 15) is 13.2 Å². The molecule has 1 amide bonds. The molecule has 15 heteroatoms. The van der Waals surface area contributed by atoms with Gasteiger partial charge in [-0.2, -0.15) is 0 Å². The number of hydrogen-bond acceptors (Lipinski definition) is 11. The van der Waals surface area contributed by atoms with Crippen molar-refractivity contribution in [3.05, 3.63) is 60.0 Å². The minimum atomic E-state index is -3.45. The van der Waals surface area contributed by atoms with Crippen LogP contribution in [0.4, 0.5) is 5.69 Å². The van der Waals surface area contributed by atoms with Crippen molar-refractivity contribution in [2.24, 2.45) is 0 Å². The number of carbonyl (C=O) groups excluding carboxylic acids is 1. The highest BCUT2D eigenvalue weighted by Crippen LogP contribution is 2.30. The average molecular weight is 542 g/mol. The Balaban J connectivity index is 1.36. The molecule has 4 heterocycles. The summed E-state index contributed by atoms with van der Waals surface area (Å²) in [5.41, 5.74) is 1.37. The molecule has 4 aromatic heterocycles. The van der Waals surface area contributed by atoms with Gasteiger partial charge in [0.15, 0.2) is 5.01 Å². The molecule has 4 aromatic rings. The number of aromatic nitrogens is 7. The Morgan fingerprint density at radius 1 is 1.24 bits per heavy atom. The van der Waals surface area contributed by atoms with Gasteiger partial charge in [0.25, 0.3) is 5.91 Å². The van der Waals surface area contributed by atoms with Crippen LogP contribution in [-0.4, -0.2) is 61.1 Å². The minimum Gasteiger partial charge on any atom is -0.477 e. The van der Waals surface area contributed by atoms with E-state index in [-0.39, 0.29) is 16.8 Å². The first-order valence-electron chi connectivity index (χ1n) is 11.4. The van der Waals surface area contributed by atoms with Crippen molar-refractivity contribution in [2.75, 3.05) is 11.3 Å². The van der Waals surface area contributed by atoms with Crippen LogP contribution in [0.25, 0.3) is 10.6 Å². The number of rotatable bonds is 11. The average Bonchev–Trinajstić information content (AvgIpc) is 3.42. The monoisotopic (exact) mass is 541 g/mol. The highest BCUT2D eigenvalue weighted by molar-refractivity contribution is 7.93. The van der Waals surface area contributed by atoms with Crippen LogP contribution in [0.5, 0.6) is 5.88 Å². The number of nitrogens with one attached hydrogen (secondary N) is 2. The molecule has 2 N–H and O–H groups in total. The second-order valence-electron chi connectivity index (χ2n) is 8.17. The third-order valence-electron chi connectivity index (χ3n) is 5.37. The predicted octanol–water partition coefficient (Wildman–Crippen LogP) is 2.06. The summed E-state index contributed by atoms with van der Waals surface area (Å²) in [7, 11) is -3.45. The highest BCUT2D eigenvalue weighted by atomic mass is 32.2. The Bertz CT molecular complexity index is 1490. The zero-order valence-corrected chi connectivity index (χ0v) is 21.3. The summed E-state index contributed by atoms with van der Waals surface area (Å²) >= 11 is 1.16. The molecule has 0 saturated heterocycles. The van der Waals surface area contributed by atoms with E-state index < -0.39 is 22.0 Å². The Morgan fingerprint density at radius 2 is 2.11 bits per heavy atom. The Labute approximate surface area is 216 Å². The molecule has 5 rings (SSSR count). The van der Waals surface area contributed by atoms with Crippen molar-refractivity contribution in [3.63, 3.8) is 0 Å². The molecule has 1 aliphatic carbocycles. The van der Waals surface area contributed by atoms with E-state index in [1.54, 1.807) is 35.4 Å². The van der Waals surface area contributed by atoms with Crippen LogP contribution < -0.4 is 14.8 Å². The van der Waals surface area contributed by atoms with Gasteiger partial charge in [-0.3, -0.25) is 24.2 Å². The fourth-order valence-corrected chi connectivity index (χ4v) is 5.61. The normalized spacial score (nSPS) is 14.2. The van der Waals surface area contributed by atoms with Gasteiger partial charge in [0.1, 0.15) is 5.69 Å². The maximum Gasteiger partial charge on any atom is 0.280 e. The van der Waals surface area contributed by atoms with Crippen LogP contribution in [0.15, 0.2) is 49.3 Å². The van der Waals surface area contributed by atoms with E-state index in [0.717, 1.165) is 11.3 Å². The standard InChI is InChI=1S/C22H23N9O4S2/c1-2-35-20-12-23-10-17(27-20)19-11-25-22(36-19)21(32)28-18(13-31-8-7-26-30-31)16-9-14(5-6-24-16)29-37(33,34)15-3-4-15/h5-12,15,18H,2-4,13H2,1H3,(H,24,29)(H,28,32)/t18-/m0/s1. The lowest BCUT2D eigenvalue weighted by molar-refractivity contribution is 0.0930. The van der Waals surface area contributed by atoms with E-state index in [1.807, 2.05) is 6.92 Å². The van der Waals surface area contributed by atoms with Crippen LogP contribution in [0.1, 0.15) is 41.3 Å². The SMILES string of the molecule is CCOc1cncc(-c2cnc(C(=O)N[C@@H](Cn3ccnn3)c3cc(NS(=O)(=O)C4CC4)ccn3)s2)n1. The molecule has 0 bridgehead atoms. The summed E-state index contributed by atoms with van der Waals surface area (Å²) in [4.78, 5) is 31.0. The number of sulfonamides is 1. The number of nitrogens with zero attached hydrogens (tertiary/aromatic N) is 7. The molecule has 192 valence electrons. The van der Waals surface area contributed by atoms with Gasteiger partial charge in [-0.15, -0.1) is 16.4 Å². The van der Waals surface area contributed by atoms with Gasteiger partial charge < -0.3 is 10.1 Å². The Hall–Kier alpha value is -3.98. The smallest absolute Gasteiger partial charge is 0.280 e. The van der Waals surface area contributed by atoms with E-state index in [4.69, 9.17) is 4.74 Å². The first-order valence-corrected chi connectivity index (χ1v) is 13.8. The van der Waals surface area contributed by atoms with Gasteiger partial charge in [0.2, 0.25) is 15.9 Å². The lowest BCUT2D eigenvalue weighted by atomic mass is 10.1. The molecular formula is C22H23N9O4S2. The second kappa shape index (κ2) is 10.6. The molecule has 0 radical (unpaired) electrons. The van der Waals surface area contributed by atoms with E-state index in [0.29, 0.717) is 47.3 Å². The quantitative estimate of drug-likeness (QED) is 0.287. The molecule has 1 atom stereocenters. The third-order valence-corrected chi connectivity index (χ3v) is 8.25. The molecule has 0 spiro atoms. The number of hydrogen-bond donors (Lipinski definition) is 2. The van der Waals surface area contributed by atoms with Crippen molar-refractivity contribution < 1.29 is 17.9 Å². The largest absolute Gasteiger partial charge is 0.477 e. The molecule has 13 nitrogen and oxygen atoms in total. The van der Waals surface area contributed by atoms with Gasteiger partial charge in [0.05, 0.1) is 59.3 Å². The number of ether oxygens (including phenoxy) is 1. The van der Waals surface area contributed by atoms with Crippen LogP contribution in [0.2, 0.25) is 0 Å². The lowest BCUT2D eigenvalue weighted by Crippen LogP contribution is -2.32. The van der Waals surface area contributed by atoms with Crippen molar-refractivity contribution in [3.8, 4) is 16.5 Å². The third kappa shape index (κ3) is 6.06. The summed E-state index contributed by atoms with van der Waals surface area (Å²) < 4.78 is 34.3. The molecule has 0 unspecified atom stereocenters. The van der Waals surface area contributed by atoms with Crippen molar-refractivity contribution in [1.29, 1.82) is 0 Å². The summed E-state index contributed by atoms with van der Waals surface area (Å²) in [6.45, 7) is 2.53. The number of anilines is 1. The first-order chi connectivity index (χ1) is 17.9. The van der Waals surface area contributed by atoms with Gasteiger partial charge in [0, 0.05) is 18.6 Å². The zero-order valence-electron chi connectivity index (χ0n) is 19.7. The van der Waals surface area contributed by atoms with Gasteiger partial charge in [-0.05, 0) is 31.9 Å². The van der Waals surface area contributed by atoms with Crippen LogP contribution in [0, 0.1) is 0 Å². The van der Waals surface area contributed by atoms with Gasteiger partial charge in [-0.25, -0.2) is 18.4 Å². The second-order valence-corrected chi connectivity index (χ2v) is 11.2. The summed E-state index contributed by atoms with van der Waals surface area (Å²) in [6.07, 6.45) is 10.6. The number of thiazole rings is 1. The summed E-state index contributed by atoms with van der Waals surface area (Å²) in [5.74, 6) is -0.0448. The Kier molecular flexibility index (Phi) is 7.05. The maximum absolute atomic E-state index is 13.2. The lowest BCUT2D eigenvalue weighted by Gasteiger charge is -2.18. The predicted molar refractivity (Wildman–Crippen MR) is 134 cm³/mol. The molecule has 1 aliphatic rings. The summed E-state index contributed by atoms with van der Waals surface area (Å²) in [6, 6.07) is 2.53. The fraction of sp³-hybridized carbons (Fsp3) is 0.318. The van der Waals surface area contributed by atoms with E-state index >= 15 is 0 Å². The molecule has 37 heavy (non-hydrogen) atoms. The summed E-state index contributed by atoms with van der Waals surface area (Å²) in [5, 5.41) is 10.6. The highest BCUT2D eigenvalue weighted by Gasteiger charge is 2.35. The maximum atomic E-state index is 13.2. The molecule has 0 aliphatic heterocycles. The van der Waals surface area contributed by atoms with Crippen LogP contribution >= 0.6 is 11.3 Å². The molecule has 1 fully saturated rings. The van der Waals surface area contributed by atoms with E-state index in [1.165, 1.54) is 18.6 Å². The molecule has 1 saturated carbocycles. The Morgan fingerprint density at radius 3 is 2.86 bits per heavy atom. The fourth-order valence-electron chi connectivity index (χ4n) is 3.46. The van der Waals surface area contributed by atoms with Crippen molar-refractivity contribution in [1.82, 2.24) is 40.2 Å². The number of amides is 1. The molecular weight excluding hydrogens is 518 g/mol. The molecule has 0 aromatic carbocycles. The first kappa shape index (κ1) is 24.7. The minimum absolute atomic E-state index is 0.216. The van der Waals surface area contributed by atoms with Crippen molar-refractivity contribution in [2.45, 2.75) is 37.6 Å². The van der Waals surface area contributed by atoms with Crippen LogP contribution in [0.3, 0.4) is 0 Å². The van der Waals surface area contributed by atoms with E-state index in [2.05, 4.69) is 40.3 Å². The number of pyridine rings is 1. The topological polar surface area (TPSA) is 167 Å².